The zero-order valence-corrected chi connectivity index (χ0v) is 11.7. The third-order valence-corrected chi connectivity index (χ3v) is 4.47. The molecule has 0 atom stereocenters. The lowest BCUT2D eigenvalue weighted by atomic mass is 10.2. The Morgan fingerprint density at radius 3 is 2.78 bits per heavy atom. The lowest BCUT2D eigenvalue weighted by molar-refractivity contribution is 0.275. The van der Waals surface area contributed by atoms with Gasteiger partial charge in [-0.05, 0) is 36.6 Å². The summed E-state index contributed by atoms with van der Waals surface area (Å²) in [5.41, 5.74) is -0.0259. The zero-order chi connectivity index (χ0) is 13.6. The summed E-state index contributed by atoms with van der Waals surface area (Å²) in [4.78, 5) is -0.0305. The van der Waals surface area contributed by atoms with Gasteiger partial charge in [0.15, 0.2) is 0 Å². The van der Waals surface area contributed by atoms with Crippen molar-refractivity contribution in [2.75, 3.05) is 18.6 Å². The molecule has 2 N–H and O–H groups in total. The predicted octanol–water partition coefficient (Wildman–Crippen LogP) is 1.35. The fourth-order valence-corrected chi connectivity index (χ4v) is 2.90. The van der Waals surface area contributed by atoms with Gasteiger partial charge in [-0.3, -0.25) is 0 Å². The molecule has 0 aliphatic rings. The van der Waals surface area contributed by atoms with E-state index in [1.807, 2.05) is 6.26 Å². The molecule has 0 aliphatic heterocycles. The van der Waals surface area contributed by atoms with Crippen molar-refractivity contribution in [1.29, 1.82) is 0 Å². The Labute approximate surface area is 111 Å². The number of hydrogen-bond acceptors (Lipinski definition) is 4. The Balaban J connectivity index is 2.78. The van der Waals surface area contributed by atoms with Gasteiger partial charge in [0.2, 0.25) is 10.0 Å². The summed E-state index contributed by atoms with van der Waals surface area (Å²) in [6.07, 6.45) is 2.68. The number of nitrogens with one attached hydrogen (secondary N) is 1. The van der Waals surface area contributed by atoms with Gasteiger partial charge in [-0.25, -0.2) is 17.5 Å². The first-order chi connectivity index (χ1) is 8.51. The molecule has 1 aromatic rings. The number of hydrogen-bond donors (Lipinski definition) is 2. The normalized spacial score (nSPS) is 11.7. The second-order valence-corrected chi connectivity index (χ2v) is 6.41. The highest BCUT2D eigenvalue weighted by Gasteiger charge is 2.15. The third kappa shape index (κ3) is 4.24. The SMILES string of the molecule is CSCCCNS(=O)(=O)c1ccc(F)c(CO)c1. The first-order valence-electron chi connectivity index (χ1n) is 5.39. The minimum absolute atomic E-state index is 0.0259. The second-order valence-electron chi connectivity index (χ2n) is 3.66. The van der Waals surface area contributed by atoms with Crippen LogP contribution >= 0.6 is 11.8 Å². The van der Waals surface area contributed by atoms with Crippen molar-refractivity contribution < 1.29 is 17.9 Å². The van der Waals surface area contributed by atoms with E-state index in [9.17, 15) is 12.8 Å². The fraction of sp³-hybridized carbons (Fsp3) is 0.455. The Kier molecular flexibility index (Phi) is 6.07. The van der Waals surface area contributed by atoms with Crippen LogP contribution in [0.25, 0.3) is 0 Å². The summed E-state index contributed by atoms with van der Waals surface area (Å²) in [5, 5.41) is 8.90. The van der Waals surface area contributed by atoms with E-state index in [1.54, 1.807) is 11.8 Å². The van der Waals surface area contributed by atoms with Gasteiger partial charge in [0.1, 0.15) is 5.82 Å². The molecule has 18 heavy (non-hydrogen) atoms. The maximum Gasteiger partial charge on any atom is 0.240 e. The van der Waals surface area contributed by atoms with Gasteiger partial charge in [0, 0.05) is 12.1 Å². The van der Waals surface area contributed by atoms with Crippen molar-refractivity contribution in [3.8, 4) is 0 Å². The Morgan fingerprint density at radius 2 is 2.17 bits per heavy atom. The molecule has 0 bridgehead atoms. The Hall–Kier alpha value is -0.630. The molecular weight excluding hydrogens is 277 g/mol. The van der Waals surface area contributed by atoms with Crippen molar-refractivity contribution >= 4 is 21.8 Å². The van der Waals surface area contributed by atoms with Crippen LogP contribution in [0.15, 0.2) is 23.1 Å². The second kappa shape index (κ2) is 7.08. The number of halogens is 1. The first-order valence-corrected chi connectivity index (χ1v) is 8.27. The summed E-state index contributed by atoms with van der Waals surface area (Å²) in [6, 6.07) is 3.37. The average molecular weight is 293 g/mol. The van der Waals surface area contributed by atoms with Gasteiger partial charge in [-0.2, -0.15) is 11.8 Å². The summed E-state index contributed by atoms with van der Waals surface area (Å²) >= 11 is 1.64. The van der Waals surface area contributed by atoms with Gasteiger partial charge >= 0.3 is 0 Å². The summed E-state index contributed by atoms with van der Waals surface area (Å²) in [6.45, 7) is -0.184. The predicted molar refractivity (Wildman–Crippen MR) is 70.5 cm³/mol. The highest BCUT2D eigenvalue weighted by Crippen LogP contribution is 2.15. The molecule has 0 unspecified atom stereocenters. The van der Waals surface area contributed by atoms with Crippen molar-refractivity contribution in [2.45, 2.75) is 17.9 Å². The van der Waals surface area contributed by atoms with Crippen LogP contribution in [0.1, 0.15) is 12.0 Å². The lowest BCUT2D eigenvalue weighted by Gasteiger charge is -2.08. The van der Waals surface area contributed by atoms with Crippen molar-refractivity contribution in [2.24, 2.45) is 0 Å². The molecule has 7 heteroatoms. The molecule has 1 rings (SSSR count). The molecule has 0 fully saturated rings. The Morgan fingerprint density at radius 1 is 1.44 bits per heavy atom. The summed E-state index contributed by atoms with van der Waals surface area (Å²) in [5.74, 6) is 0.257. The van der Waals surface area contributed by atoms with E-state index in [1.165, 1.54) is 6.07 Å². The smallest absolute Gasteiger partial charge is 0.240 e. The molecule has 4 nitrogen and oxygen atoms in total. The number of aliphatic hydroxyl groups is 1. The number of thioether (sulfide) groups is 1. The number of sulfonamides is 1. The molecule has 1 aromatic carbocycles. The number of aliphatic hydroxyl groups excluding tert-OH is 1. The van der Waals surface area contributed by atoms with Crippen LogP contribution in [0.4, 0.5) is 4.39 Å². The van der Waals surface area contributed by atoms with Gasteiger partial charge in [-0.15, -0.1) is 0 Å². The summed E-state index contributed by atoms with van der Waals surface area (Å²) < 4.78 is 39.3. The van der Waals surface area contributed by atoms with E-state index in [2.05, 4.69) is 4.72 Å². The molecule has 0 saturated heterocycles. The molecular formula is C11H16FNO3S2. The van der Waals surface area contributed by atoms with Crippen LogP contribution < -0.4 is 4.72 Å². The van der Waals surface area contributed by atoms with Gasteiger partial charge in [-0.1, -0.05) is 0 Å². The quantitative estimate of drug-likeness (QED) is 0.745. The van der Waals surface area contributed by atoms with Crippen LogP contribution in [-0.2, 0) is 16.6 Å². The molecule has 0 amide bonds. The largest absolute Gasteiger partial charge is 0.392 e. The highest BCUT2D eigenvalue weighted by molar-refractivity contribution is 7.98. The lowest BCUT2D eigenvalue weighted by Crippen LogP contribution is -2.25. The maximum absolute atomic E-state index is 13.1. The Bertz CT molecular complexity index is 491. The zero-order valence-electron chi connectivity index (χ0n) is 10.0. The molecule has 0 radical (unpaired) electrons. The molecule has 0 aliphatic carbocycles. The van der Waals surface area contributed by atoms with Crippen LogP contribution in [0.5, 0.6) is 0 Å². The molecule has 0 spiro atoms. The van der Waals surface area contributed by atoms with Crippen LogP contribution in [0, 0.1) is 5.82 Å². The standard InChI is InChI=1S/C11H16FNO3S2/c1-17-6-2-5-13-18(15,16)10-3-4-11(12)9(7-10)8-14/h3-4,7,13-14H,2,5-6,8H2,1H3. The van der Waals surface area contributed by atoms with Gasteiger partial charge < -0.3 is 5.11 Å². The molecule has 102 valence electrons. The van der Waals surface area contributed by atoms with E-state index in [0.717, 1.165) is 24.3 Å². The van der Waals surface area contributed by atoms with Gasteiger partial charge in [0.25, 0.3) is 0 Å². The van der Waals surface area contributed by atoms with Crippen molar-refractivity contribution in [3.63, 3.8) is 0 Å². The average Bonchev–Trinajstić information content (AvgIpc) is 2.35. The van der Waals surface area contributed by atoms with E-state index in [-0.39, 0.29) is 10.5 Å². The number of benzene rings is 1. The minimum atomic E-state index is -3.63. The maximum atomic E-state index is 13.1. The van der Waals surface area contributed by atoms with Crippen molar-refractivity contribution in [1.82, 2.24) is 4.72 Å². The van der Waals surface area contributed by atoms with Crippen LogP contribution in [-0.4, -0.2) is 32.1 Å². The monoisotopic (exact) mass is 293 g/mol. The van der Waals surface area contributed by atoms with Gasteiger partial charge in [0.05, 0.1) is 11.5 Å². The highest BCUT2D eigenvalue weighted by atomic mass is 32.2. The molecule has 0 aromatic heterocycles. The molecule has 0 heterocycles. The first kappa shape index (κ1) is 15.4. The van der Waals surface area contributed by atoms with Crippen LogP contribution in [0.2, 0.25) is 0 Å². The van der Waals surface area contributed by atoms with E-state index in [0.29, 0.717) is 6.54 Å². The topological polar surface area (TPSA) is 66.4 Å². The van der Waals surface area contributed by atoms with E-state index in [4.69, 9.17) is 5.11 Å². The fourth-order valence-electron chi connectivity index (χ4n) is 1.35. The number of rotatable bonds is 7. The minimum Gasteiger partial charge on any atom is -0.392 e. The van der Waals surface area contributed by atoms with E-state index < -0.39 is 22.4 Å². The van der Waals surface area contributed by atoms with Crippen molar-refractivity contribution in [3.05, 3.63) is 29.6 Å². The summed E-state index contributed by atoms with van der Waals surface area (Å²) in [7, 11) is -3.63. The third-order valence-electron chi connectivity index (χ3n) is 2.32. The molecule has 0 saturated carbocycles. The van der Waals surface area contributed by atoms with E-state index >= 15 is 0 Å². The van der Waals surface area contributed by atoms with Crippen LogP contribution in [0.3, 0.4) is 0 Å².